The predicted octanol–water partition coefficient (Wildman–Crippen LogP) is 7.10. The maximum absolute atomic E-state index is 14.1. The normalized spacial score (nSPS) is 19.7. The van der Waals surface area contributed by atoms with E-state index >= 15 is 0 Å². The number of rotatable bonds is 6. The third-order valence-electron chi connectivity index (χ3n) is 11.4. The zero-order valence-electron chi connectivity index (χ0n) is 28.3. The van der Waals surface area contributed by atoms with Crippen LogP contribution in [0.15, 0.2) is 108 Å². The topological polar surface area (TPSA) is 60.4 Å². The van der Waals surface area contributed by atoms with Crippen molar-refractivity contribution >= 4 is 27.8 Å². The summed E-state index contributed by atoms with van der Waals surface area (Å²) < 4.78 is 6.33. The largest absolute Gasteiger partial charge is 0.327 e. The standard InChI is InChI=1S/C42H42N6O/c1-28-33(41(49)48-38-19-11-10-18-37(38)45(2)42(48)43-28)22-24-46-23-20-31(27-32(46)26-29-12-4-3-5-13-29)39-34-15-7-6-14-30(34)21-25-47-36-17-9-8-16-35(36)44-40(39)47/h3-19,31-32,39H,20-27H2,1-2H3/t31-,32+,39?/m1/s1. The van der Waals surface area contributed by atoms with Crippen LogP contribution in [0.2, 0.25) is 0 Å². The molecule has 3 atom stereocenters. The summed E-state index contributed by atoms with van der Waals surface area (Å²) in [6, 6.07) is 37.1. The van der Waals surface area contributed by atoms with Crippen LogP contribution in [0.5, 0.6) is 0 Å². The molecule has 0 radical (unpaired) electrons. The predicted molar refractivity (Wildman–Crippen MR) is 196 cm³/mol. The molecule has 7 aromatic rings. The molecule has 3 aromatic heterocycles. The fourth-order valence-corrected chi connectivity index (χ4v) is 8.97. The highest BCUT2D eigenvalue weighted by atomic mass is 16.1. The first-order valence-electron chi connectivity index (χ1n) is 17.8. The number of likely N-dealkylation sites (tertiary alicyclic amines) is 1. The van der Waals surface area contributed by atoms with Gasteiger partial charge in [0, 0.05) is 37.7 Å². The number of fused-ring (bicyclic) bond motifs is 7. The molecule has 0 spiro atoms. The van der Waals surface area contributed by atoms with Gasteiger partial charge in [0.1, 0.15) is 5.82 Å². The minimum atomic E-state index is 0.0581. The smallest absolute Gasteiger partial charge is 0.263 e. The van der Waals surface area contributed by atoms with E-state index in [4.69, 9.17) is 9.97 Å². The van der Waals surface area contributed by atoms with Crippen molar-refractivity contribution in [3.8, 4) is 0 Å². The van der Waals surface area contributed by atoms with Crippen molar-refractivity contribution in [1.29, 1.82) is 0 Å². The van der Waals surface area contributed by atoms with Crippen molar-refractivity contribution in [3.63, 3.8) is 0 Å². The minimum Gasteiger partial charge on any atom is -0.327 e. The average molecular weight is 647 g/mol. The maximum atomic E-state index is 14.1. The van der Waals surface area contributed by atoms with Gasteiger partial charge in [-0.05, 0) is 92.4 Å². The lowest BCUT2D eigenvalue weighted by Gasteiger charge is -2.42. The third kappa shape index (κ3) is 5.10. The molecule has 0 saturated carbocycles. The molecule has 49 heavy (non-hydrogen) atoms. The van der Waals surface area contributed by atoms with Gasteiger partial charge in [-0.25, -0.2) is 14.4 Å². The van der Waals surface area contributed by atoms with E-state index in [-0.39, 0.29) is 11.5 Å². The van der Waals surface area contributed by atoms with Crippen molar-refractivity contribution in [1.82, 2.24) is 28.4 Å². The second-order valence-electron chi connectivity index (χ2n) is 14.1. The van der Waals surface area contributed by atoms with E-state index in [9.17, 15) is 4.79 Å². The lowest BCUT2D eigenvalue weighted by atomic mass is 9.75. The molecule has 0 amide bonds. The van der Waals surface area contributed by atoms with E-state index in [1.165, 1.54) is 28.0 Å². The Hall–Kier alpha value is -5.01. The second kappa shape index (κ2) is 12.1. The van der Waals surface area contributed by atoms with Crippen molar-refractivity contribution in [2.24, 2.45) is 13.0 Å². The van der Waals surface area contributed by atoms with Crippen molar-refractivity contribution in [3.05, 3.63) is 147 Å². The average Bonchev–Trinajstić information content (AvgIpc) is 3.57. The number of aryl methyl sites for hydroxylation is 4. The number of piperidine rings is 1. The summed E-state index contributed by atoms with van der Waals surface area (Å²) in [6.07, 6.45) is 4.86. The van der Waals surface area contributed by atoms with E-state index in [2.05, 4.69) is 94.4 Å². The van der Waals surface area contributed by atoms with E-state index in [0.717, 1.165) is 73.1 Å². The molecule has 0 aliphatic carbocycles. The van der Waals surface area contributed by atoms with Crippen LogP contribution in [0.1, 0.15) is 52.5 Å². The number of para-hydroxylation sites is 4. The van der Waals surface area contributed by atoms with E-state index in [0.29, 0.717) is 24.2 Å². The number of nitrogens with zero attached hydrogens (tertiary/aromatic N) is 6. The number of aromatic nitrogens is 5. The molecule has 7 heteroatoms. The molecule has 1 saturated heterocycles. The Morgan fingerprint density at radius 3 is 2.39 bits per heavy atom. The first kappa shape index (κ1) is 30.1. The molecule has 0 bridgehead atoms. The van der Waals surface area contributed by atoms with Crippen molar-refractivity contribution < 1.29 is 0 Å². The van der Waals surface area contributed by atoms with Crippen LogP contribution in [0.3, 0.4) is 0 Å². The molecule has 7 nitrogen and oxygen atoms in total. The van der Waals surface area contributed by atoms with Gasteiger partial charge in [-0.3, -0.25) is 9.69 Å². The van der Waals surface area contributed by atoms with Gasteiger partial charge in [0.05, 0.1) is 27.8 Å². The molecular formula is C42H42N6O. The number of benzene rings is 4. The van der Waals surface area contributed by atoms with Crippen molar-refractivity contribution in [2.75, 3.05) is 13.1 Å². The highest BCUT2D eigenvalue weighted by Gasteiger charge is 2.38. The van der Waals surface area contributed by atoms with Gasteiger partial charge < -0.3 is 9.13 Å². The third-order valence-corrected chi connectivity index (χ3v) is 11.4. The van der Waals surface area contributed by atoms with Crippen LogP contribution in [-0.2, 0) is 32.9 Å². The zero-order valence-corrected chi connectivity index (χ0v) is 28.3. The molecule has 1 fully saturated rings. The fraction of sp³-hybridized carbons (Fsp3) is 0.310. The number of imidazole rings is 2. The highest BCUT2D eigenvalue weighted by Crippen LogP contribution is 2.43. The molecule has 2 aliphatic heterocycles. The molecule has 4 aromatic carbocycles. The van der Waals surface area contributed by atoms with Gasteiger partial charge in [0.25, 0.3) is 5.56 Å². The van der Waals surface area contributed by atoms with Crippen LogP contribution in [-0.4, -0.2) is 47.5 Å². The van der Waals surface area contributed by atoms with Gasteiger partial charge in [0.2, 0.25) is 5.78 Å². The molecular weight excluding hydrogens is 605 g/mol. The van der Waals surface area contributed by atoms with Gasteiger partial charge in [-0.2, -0.15) is 0 Å². The second-order valence-corrected chi connectivity index (χ2v) is 14.1. The summed E-state index contributed by atoms with van der Waals surface area (Å²) in [6.45, 7) is 4.78. The summed E-state index contributed by atoms with van der Waals surface area (Å²) in [5.74, 6) is 2.63. The Labute approximate surface area is 286 Å². The first-order valence-corrected chi connectivity index (χ1v) is 17.8. The quantitative estimate of drug-likeness (QED) is 0.194. The molecule has 246 valence electrons. The molecule has 5 heterocycles. The first-order chi connectivity index (χ1) is 24.0. The van der Waals surface area contributed by atoms with Crippen LogP contribution >= 0.6 is 0 Å². The summed E-state index contributed by atoms with van der Waals surface area (Å²) in [5.41, 5.74) is 10.2. The van der Waals surface area contributed by atoms with Gasteiger partial charge in [-0.1, -0.05) is 78.9 Å². The Morgan fingerprint density at radius 1 is 0.796 bits per heavy atom. The van der Waals surface area contributed by atoms with Gasteiger partial charge >= 0.3 is 0 Å². The summed E-state index contributed by atoms with van der Waals surface area (Å²) in [7, 11) is 1.99. The lowest BCUT2D eigenvalue weighted by molar-refractivity contribution is 0.104. The van der Waals surface area contributed by atoms with Crippen LogP contribution in [0.25, 0.3) is 27.8 Å². The lowest BCUT2D eigenvalue weighted by Crippen LogP contribution is -2.46. The van der Waals surface area contributed by atoms with Crippen LogP contribution in [0, 0.1) is 12.8 Å². The Bertz CT molecular complexity index is 2380. The number of hydrogen-bond donors (Lipinski definition) is 0. The maximum Gasteiger partial charge on any atom is 0.263 e. The zero-order chi connectivity index (χ0) is 33.1. The minimum absolute atomic E-state index is 0.0581. The fourth-order valence-electron chi connectivity index (χ4n) is 8.97. The van der Waals surface area contributed by atoms with Crippen LogP contribution < -0.4 is 5.56 Å². The highest BCUT2D eigenvalue weighted by molar-refractivity contribution is 5.80. The van der Waals surface area contributed by atoms with E-state index < -0.39 is 0 Å². The molecule has 0 N–H and O–H groups in total. The Balaban J connectivity index is 1.06. The summed E-state index contributed by atoms with van der Waals surface area (Å²) in [5, 5.41) is 0. The van der Waals surface area contributed by atoms with Crippen LogP contribution in [0.4, 0.5) is 0 Å². The van der Waals surface area contributed by atoms with E-state index in [1.807, 2.05) is 36.7 Å². The Kier molecular flexibility index (Phi) is 7.46. The van der Waals surface area contributed by atoms with Crippen molar-refractivity contribution in [2.45, 2.75) is 57.5 Å². The number of hydrogen-bond acceptors (Lipinski definition) is 4. The Morgan fingerprint density at radius 2 is 1.53 bits per heavy atom. The van der Waals surface area contributed by atoms with Gasteiger partial charge in [-0.15, -0.1) is 0 Å². The summed E-state index contributed by atoms with van der Waals surface area (Å²) in [4.78, 5) is 27.1. The summed E-state index contributed by atoms with van der Waals surface area (Å²) >= 11 is 0. The van der Waals surface area contributed by atoms with E-state index in [1.54, 1.807) is 4.40 Å². The van der Waals surface area contributed by atoms with Gasteiger partial charge in [0.15, 0.2) is 0 Å². The monoisotopic (exact) mass is 646 g/mol. The molecule has 9 rings (SSSR count). The molecule has 2 aliphatic rings. The SMILES string of the molecule is Cc1nc2n(C)c3ccccc3n2c(=O)c1CCN1CC[C@@H](C2c3ccccc3CCn3c2nc2ccccc23)C[C@@H]1Cc1ccccc1. The molecule has 1 unspecified atom stereocenters.